The highest BCUT2D eigenvalue weighted by atomic mass is 32.1. The fraction of sp³-hybridized carbons (Fsp3) is 0.583. The lowest BCUT2D eigenvalue weighted by atomic mass is 9.74. The van der Waals surface area contributed by atoms with E-state index in [2.05, 4.69) is 10.3 Å². The molecule has 2 atom stereocenters. The van der Waals surface area contributed by atoms with Crippen molar-refractivity contribution < 1.29 is 14.7 Å². The van der Waals surface area contributed by atoms with Gasteiger partial charge in [-0.2, -0.15) is 0 Å². The smallest absolute Gasteiger partial charge is 0.308 e. The van der Waals surface area contributed by atoms with Gasteiger partial charge in [-0.05, 0) is 19.8 Å². The highest BCUT2D eigenvalue weighted by Gasteiger charge is 2.42. The minimum absolute atomic E-state index is 0.285. The summed E-state index contributed by atoms with van der Waals surface area (Å²) in [7, 11) is 0. The van der Waals surface area contributed by atoms with E-state index in [1.807, 2.05) is 6.92 Å². The van der Waals surface area contributed by atoms with Crippen LogP contribution in [0.3, 0.4) is 0 Å². The molecular formula is C12H16N2O3S. The van der Waals surface area contributed by atoms with Crippen molar-refractivity contribution in [2.75, 3.05) is 0 Å². The van der Waals surface area contributed by atoms with Crippen LogP contribution in [0.15, 0.2) is 10.9 Å². The predicted octanol–water partition coefficient (Wildman–Crippen LogP) is 1.91. The fourth-order valence-electron chi connectivity index (χ4n) is 2.53. The molecular weight excluding hydrogens is 252 g/mol. The lowest BCUT2D eigenvalue weighted by molar-refractivity contribution is -0.145. The van der Waals surface area contributed by atoms with Crippen molar-refractivity contribution in [3.05, 3.63) is 16.6 Å². The number of carboxylic acids is 1. The fourth-order valence-corrected chi connectivity index (χ4v) is 3.06. The monoisotopic (exact) mass is 268 g/mol. The van der Waals surface area contributed by atoms with Gasteiger partial charge in [0.05, 0.1) is 17.0 Å². The molecule has 1 heterocycles. The summed E-state index contributed by atoms with van der Waals surface area (Å²) in [6.07, 6.45) is 3.15. The number of nitrogens with one attached hydrogen (secondary N) is 1. The lowest BCUT2D eigenvalue weighted by Crippen LogP contribution is -2.55. The summed E-state index contributed by atoms with van der Waals surface area (Å²) in [5, 5.41) is 13.8. The first kappa shape index (κ1) is 13.0. The van der Waals surface area contributed by atoms with Crippen LogP contribution in [0, 0.1) is 5.92 Å². The van der Waals surface area contributed by atoms with Gasteiger partial charge in [-0.1, -0.05) is 12.8 Å². The van der Waals surface area contributed by atoms with Crippen molar-refractivity contribution in [3.63, 3.8) is 0 Å². The number of aromatic nitrogens is 1. The molecule has 0 radical (unpaired) electrons. The molecule has 2 unspecified atom stereocenters. The number of aliphatic carboxylic acids is 1. The third-order valence-corrected chi connectivity index (χ3v) is 4.16. The van der Waals surface area contributed by atoms with E-state index in [-0.39, 0.29) is 5.91 Å². The predicted molar refractivity (Wildman–Crippen MR) is 67.6 cm³/mol. The maximum absolute atomic E-state index is 12.0. The average molecular weight is 268 g/mol. The summed E-state index contributed by atoms with van der Waals surface area (Å²) < 4.78 is 0. The molecule has 0 bridgehead atoms. The molecule has 1 aromatic rings. The summed E-state index contributed by atoms with van der Waals surface area (Å²) in [4.78, 5) is 27.2. The van der Waals surface area contributed by atoms with Crippen molar-refractivity contribution in [1.29, 1.82) is 0 Å². The molecule has 0 saturated heterocycles. The van der Waals surface area contributed by atoms with Crippen LogP contribution in [0.1, 0.15) is 43.1 Å². The van der Waals surface area contributed by atoms with Crippen molar-refractivity contribution in [1.82, 2.24) is 10.3 Å². The van der Waals surface area contributed by atoms with Crippen LogP contribution >= 0.6 is 11.3 Å². The van der Waals surface area contributed by atoms with Gasteiger partial charge < -0.3 is 10.4 Å². The molecule has 0 aromatic carbocycles. The number of thiazole rings is 1. The summed E-state index contributed by atoms with van der Waals surface area (Å²) >= 11 is 1.35. The molecule has 5 nitrogen and oxygen atoms in total. The molecule has 1 aliphatic rings. The Hall–Kier alpha value is -1.43. The second-order valence-electron chi connectivity index (χ2n) is 4.88. The van der Waals surface area contributed by atoms with E-state index in [0.29, 0.717) is 18.5 Å². The van der Waals surface area contributed by atoms with Gasteiger partial charge in [-0.25, -0.2) is 4.98 Å². The third kappa shape index (κ3) is 2.53. The maximum Gasteiger partial charge on any atom is 0.308 e. The van der Waals surface area contributed by atoms with Gasteiger partial charge in [0.25, 0.3) is 5.91 Å². The van der Waals surface area contributed by atoms with Gasteiger partial charge in [0.2, 0.25) is 0 Å². The number of carbonyl (C=O) groups is 2. The Morgan fingerprint density at radius 2 is 2.33 bits per heavy atom. The number of rotatable bonds is 3. The lowest BCUT2D eigenvalue weighted by Gasteiger charge is -2.39. The quantitative estimate of drug-likeness (QED) is 0.877. The molecule has 1 saturated carbocycles. The Labute approximate surface area is 109 Å². The van der Waals surface area contributed by atoms with Crippen molar-refractivity contribution in [2.45, 2.75) is 38.1 Å². The first-order valence-corrected chi connectivity index (χ1v) is 6.91. The Kier molecular flexibility index (Phi) is 3.65. The maximum atomic E-state index is 12.0. The topological polar surface area (TPSA) is 79.3 Å². The number of carbonyl (C=O) groups excluding carboxylic acids is 1. The molecule has 0 aliphatic heterocycles. The Bertz CT molecular complexity index is 446. The van der Waals surface area contributed by atoms with Gasteiger partial charge >= 0.3 is 5.97 Å². The Balaban J connectivity index is 2.14. The van der Waals surface area contributed by atoms with Gasteiger partial charge in [0.15, 0.2) is 0 Å². The van der Waals surface area contributed by atoms with Crippen molar-refractivity contribution in [3.8, 4) is 0 Å². The molecule has 18 heavy (non-hydrogen) atoms. The minimum Gasteiger partial charge on any atom is -0.481 e. The van der Waals surface area contributed by atoms with E-state index < -0.39 is 17.4 Å². The largest absolute Gasteiger partial charge is 0.481 e. The molecule has 1 aliphatic carbocycles. The number of nitrogens with zero attached hydrogens (tertiary/aromatic N) is 1. The highest BCUT2D eigenvalue weighted by Crippen LogP contribution is 2.34. The van der Waals surface area contributed by atoms with E-state index in [9.17, 15) is 14.7 Å². The minimum atomic E-state index is -0.837. The first-order valence-electron chi connectivity index (χ1n) is 5.96. The van der Waals surface area contributed by atoms with E-state index in [0.717, 1.165) is 12.8 Å². The van der Waals surface area contributed by atoms with Crippen LogP contribution in [0.25, 0.3) is 0 Å². The molecule has 0 spiro atoms. The molecule has 1 fully saturated rings. The van der Waals surface area contributed by atoms with Gasteiger partial charge in [0, 0.05) is 5.38 Å². The molecule has 2 N–H and O–H groups in total. The van der Waals surface area contributed by atoms with Gasteiger partial charge in [-0.15, -0.1) is 11.3 Å². The standard InChI is InChI=1S/C12H16N2O3S/c1-12(5-3-2-4-8(12)11(16)17)14-10(15)9-6-18-7-13-9/h6-8H,2-5H2,1H3,(H,14,15)(H,16,17). The molecule has 98 valence electrons. The zero-order valence-corrected chi connectivity index (χ0v) is 11.0. The number of amides is 1. The SMILES string of the molecule is CC1(NC(=O)c2cscn2)CCCCC1C(=O)O. The third-order valence-electron chi connectivity index (χ3n) is 3.57. The van der Waals surface area contributed by atoms with E-state index in [1.165, 1.54) is 11.3 Å². The van der Waals surface area contributed by atoms with Crippen LogP contribution in [-0.2, 0) is 4.79 Å². The Morgan fingerprint density at radius 1 is 1.56 bits per heavy atom. The highest BCUT2D eigenvalue weighted by molar-refractivity contribution is 7.07. The molecule has 1 aromatic heterocycles. The summed E-state index contributed by atoms with van der Waals surface area (Å²) in [6, 6.07) is 0. The Morgan fingerprint density at radius 3 is 2.94 bits per heavy atom. The number of carboxylic acid groups (broad SMARTS) is 1. The van der Waals surface area contributed by atoms with Crippen LogP contribution in [0.5, 0.6) is 0 Å². The zero-order chi connectivity index (χ0) is 13.2. The van der Waals surface area contributed by atoms with Gasteiger partial charge in [0.1, 0.15) is 5.69 Å². The normalized spacial score (nSPS) is 27.7. The first-order chi connectivity index (χ1) is 8.53. The summed E-state index contributed by atoms with van der Waals surface area (Å²) in [5.74, 6) is -1.64. The van der Waals surface area contributed by atoms with Crippen molar-refractivity contribution >= 4 is 23.2 Å². The number of hydrogen-bond donors (Lipinski definition) is 2. The van der Waals surface area contributed by atoms with E-state index in [4.69, 9.17) is 0 Å². The van der Waals surface area contributed by atoms with Crippen LogP contribution in [0.2, 0.25) is 0 Å². The van der Waals surface area contributed by atoms with Crippen LogP contribution < -0.4 is 5.32 Å². The second kappa shape index (κ2) is 5.06. The molecule has 6 heteroatoms. The zero-order valence-electron chi connectivity index (χ0n) is 10.2. The summed E-state index contributed by atoms with van der Waals surface area (Å²) in [5.41, 5.74) is 1.27. The molecule has 2 rings (SSSR count). The van der Waals surface area contributed by atoms with E-state index in [1.54, 1.807) is 10.9 Å². The van der Waals surface area contributed by atoms with E-state index >= 15 is 0 Å². The summed E-state index contributed by atoms with van der Waals surface area (Å²) in [6.45, 7) is 1.81. The van der Waals surface area contributed by atoms with Crippen LogP contribution in [0.4, 0.5) is 0 Å². The second-order valence-corrected chi connectivity index (χ2v) is 5.60. The number of hydrogen-bond acceptors (Lipinski definition) is 4. The van der Waals surface area contributed by atoms with Crippen molar-refractivity contribution in [2.24, 2.45) is 5.92 Å². The average Bonchev–Trinajstić information content (AvgIpc) is 2.81. The molecule has 1 amide bonds. The van der Waals surface area contributed by atoms with Gasteiger partial charge in [-0.3, -0.25) is 9.59 Å². The van der Waals surface area contributed by atoms with Crippen LogP contribution in [-0.4, -0.2) is 27.5 Å².